The lowest BCUT2D eigenvalue weighted by molar-refractivity contribution is -0.154. The van der Waals surface area contributed by atoms with E-state index in [0.717, 1.165) is 0 Å². The van der Waals surface area contributed by atoms with Crippen LogP contribution in [0.5, 0.6) is 0 Å². The second-order valence-electron chi connectivity index (χ2n) is 6.72. The Morgan fingerprint density at radius 1 is 1.22 bits per heavy atom. The number of carbonyl (C=O) groups excluding carboxylic acids is 1. The summed E-state index contributed by atoms with van der Waals surface area (Å²) in [5, 5.41) is 12.3. The van der Waals surface area contributed by atoms with Gasteiger partial charge in [-0.2, -0.15) is 0 Å². The predicted molar refractivity (Wildman–Crippen MR) is 73.4 cm³/mol. The van der Waals surface area contributed by atoms with Crippen LogP contribution >= 0.6 is 0 Å². The number of aliphatic hydroxyl groups is 1. The van der Waals surface area contributed by atoms with Crippen LogP contribution < -0.4 is 5.32 Å². The van der Waals surface area contributed by atoms with E-state index in [1.807, 2.05) is 20.8 Å². The first-order valence-electron chi connectivity index (χ1n) is 6.62. The highest BCUT2D eigenvalue weighted by molar-refractivity contribution is 5.70. The fourth-order valence-corrected chi connectivity index (χ4v) is 1.71. The first-order valence-corrected chi connectivity index (χ1v) is 6.62. The fraction of sp³-hybridized carbons (Fsp3) is 0.929. The van der Waals surface area contributed by atoms with Crippen molar-refractivity contribution in [3.8, 4) is 0 Å². The molecule has 0 saturated carbocycles. The van der Waals surface area contributed by atoms with E-state index in [4.69, 9.17) is 9.84 Å². The first-order chi connectivity index (χ1) is 8.06. The van der Waals surface area contributed by atoms with Crippen LogP contribution in [0, 0.1) is 5.41 Å². The molecule has 0 aliphatic carbocycles. The van der Waals surface area contributed by atoms with Gasteiger partial charge in [-0.25, -0.2) is 0 Å². The third kappa shape index (κ3) is 8.48. The Morgan fingerprint density at radius 2 is 1.78 bits per heavy atom. The van der Waals surface area contributed by atoms with Gasteiger partial charge in [0.2, 0.25) is 0 Å². The molecule has 0 saturated heterocycles. The highest BCUT2D eigenvalue weighted by Gasteiger charge is 2.24. The molecule has 0 fully saturated rings. The van der Waals surface area contributed by atoms with Crippen molar-refractivity contribution in [2.75, 3.05) is 13.2 Å². The Labute approximate surface area is 111 Å². The second-order valence-corrected chi connectivity index (χ2v) is 6.72. The van der Waals surface area contributed by atoms with Crippen LogP contribution in [-0.4, -0.2) is 35.9 Å². The monoisotopic (exact) mass is 259 g/mol. The largest absolute Gasteiger partial charge is 0.460 e. The van der Waals surface area contributed by atoms with Gasteiger partial charge in [0.25, 0.3) is 0 Å². The van der Waals surface area contributed by atoms with E-state index >= 15 is 0 Å². The minimum absolute atomic E-state index is 0.0661. The standard InChI is InChI=1S/C14H29NO3/c1-13(2,3)11(8-10-16)15-9-7-12(17)18-14(4,5)6/h11,15-16H,7-10H2,1-6H3. The van der Waals surface area contributed by atoms with E-state index in [2.05, 4.69) is 26.1 Å². The van der Waals surface area contributed by atoms with Crippen molar-refractivity contribution in [3.05, 3.63) is 0 Å². The van der Waals surface area contributed by atoms with Crippen molar-refractivity contribution in [2.45, 2.75) is 66.0 Å². The van der Waals surface area contributed by atoms with Crippen molar-refractivity contribution in [1.82, 2.24) is 5.32 Å². The molecule has 0 aromatic heterocycles. The normalized spacial score (nSPS) is 14.4. The maximum absolute atomic E-state index is 11.5. The summed E-state index contributed by atoms with van der Waals surface area (Å²) >= 11 is 0. The van der Waals surface area contributed by atoms with Gasteiger partial charge in [-0.05, 0) is 32.6 Å². The van der Waals surface area contributed by atoms with Crippen LogP contribution in [0.2, 0.25) is 0 Å². The summed E-state index contributed by atoms with van der Waals surface area (Å²) < 4.78 is 5.24. The van der Waals surface area contributed by atoms with E-state index in [1.165, 1.54) is 0 Å². The molecular formula is C14H29NO3. The summed E-state index contributed by atoms with van der Waals surface area (Å²) in [5.74, 6) is -0.188. The van der Waals surface area contributed by atoms with Crippen molar-refractivity contribution in [1.29, 1.82) is 0 Å². The maximum atomic E-state index is 11.5. The van der Waals surface area contributed by atoms with Gasteiger partial charge >= 0.3 is 5.97 Å². The molecule has 4 heteroatoms. The smallest absolute Gasteiger partial charge is 0.307 e. The molecule has 2 N–H and O–H groups in total. The van der Waals surface area contributed by atoms with Crippen LogP contribution in [0.15, 0.2) is 0 Å². The quantitative estimate of drug-likeness (QED) is 0.717. The zero-order chi connectivity index (χ0) is 14.4. The van der Waals surface area contributed by atoms with Crippen LogP contribution in [0.1, 0.15) is 54.4 Å². The zero-order valence-electron chi connectivity index (χ0n) is 12.7. The summed E-state index contributed by atoms with van der Waals surface area (Å²) in [4.78, 5) is 11.5. The molecule has 4 nitrogen and oxygen atoms in total. The zero-order valence-corrected chi connectivity index (χ0v) is 12.7. The van der Waals surface area contributed by atoms with Gasteiger partial charge in [-0.3, -0.25) is 4.79 Å². The molecule has 1 unspecified atom stereocenters. The number of hydrogen-bond acceptors (Lipinski definition) is 4. The lowest BCUT2D eigenvalue weighted by Gasteiger charge is -2.31. The molecule has 0 spiro atoms. The summed E-state index contributed by atoms with van der Waals surface area (Å²) in [5.41, 5.74) is -0.359. The highest BCUT2D eigenvalue weighted by atomic mass is 16.6. The topological polar surface area (TPSA) is 58.6 Å². The molecule has 0 aromatic rings. The molecule has 0 amide bonds. The van der Waals surface area contributed by atoms with E-state index in [-0.39, 0.29) is 24.0 Å². The van der Waals surface area contributed by atoms with Gasteiger partial charge in [0.05, 0.1) is 6.42 Å². The van der Waals surface area contributed by atoms with Crippen molar-refractivity contribution < 1.29 is 14.6 Å². The number of aliphatic hydroxyl groups excluding tert-OH is 1. The third-order valence-electron chi connectivity index (χ3n) is 2.60. The number of carbonyl (C=O) groups is 1. The molecule has 0 aliphatic heterocycles. The summed E-state index contributed by atoms with van der Waals surface area (Å²) in [6, 6.07) is 0.199. The van der Waals surface area contributed by atoms with Crippen molar-refractivity contribution in [2.24, 2.45) is 5.41 Å². The lowest BCUT2D eigenvalue weighted by atomic mass is 9.85. The molecule has 0 heterocycles. The highest BCUT2D eigenvalue weighted by Crippen LogP contribution is 2.21. The van der Waals surface area contributed by atoms with Gasteiger partial charge < -0.3 is 15.2 Å². The molecule has 0 rings (SSSR count). The summed E-state index contributed by atoms with van der Waals surface area (Å²) in [7, 11) is 0. The average Bonchev–Trinajstić information content (AvgIpc) is 2.11. The number of rotatable bonds is 6. The molecule has 0 aliphatic rings. The average molecular weight is 259 g/mol. The number of esters is 1. The summed E-state index contributed by atoms with van der Waals surface area (Å²) in [6.45, 7) is 12.7. The number of hydrogen-bond donors (Lipinski definition) is 2. The van der Waals surface area contributed by atoms with Gasteiger partial charge in [0, 0.05) is 19.2 Å². The van der Waals surface area contributed by atoms with E-state index in [0.29, 0.717) is 19.4 Å². The SMILES string of the molecule is CC(C)(C)OC(=O)CCNC(CCO)C(C)(C)C. The van der Waals surface area contributed by atoms with Crippen molar-refractivity contribution in [3.63, 3.8) is 0 Å². The predicted octanol–water partition coefficient (Wildman–Crippen LogP) is 2.10. The molecule has 1 atom stereocenters. The third-order valence-corrected chi connectivity index (χ3v) is 2.60. The Bertz CT molecular complexity index is 251. The molecule has 108 valence electrons. The number of nitrogens with one attached hydrogen (secondary N) is 1. The molecule has 0 aromatic carbocycles. The molecule has 18 heavy (non-hydrogen) atoms. The fourth-order valence-electron chi connectivity index (χ4n) is 1.71. The lowest BCUT2D eigenvalue weighted by Crippen LogP contribution is -2.42. The second kappa shape index (κ2) is 7.10. The van der Waals surface area contributed by atoms with E-state index in [1.54, 1.807) is 0 Å². The number of ether oxygens (including phenoxy) is 1. The Balaban J connectivity index is 4.04. The Kier molecular flexibility index (Phi) is 6.86. The Hall–Kier alpha value is -0.610. The van der Waals surface area contributed by atoms with Gasteiger partial charge in [0.1, 0.15) is 5.60 Å². The van der Waals surface area contributed by atoms with Gasteiger partial charge in [-0.1, -0.05) is 20.8 Å². The molecular weight excluding hydrogens is 230 g/mol. The molecule has 0 bridgehead atoms. The summed E-state index contributed by atoms with van der Waals surface area (Å²) in [6.07, 6.45) is 1.05. The van der Waals surface area contributed by atoms with Crippen LogP contribution in [0.4, 0.5) is 0 Å². The minimum atomic E-state index is -0.425. The maximum Gasteiger partial charge on any atom is 0.307 e. The van der Waals surface area contributed by atoms with Crippen LogP contribution in [-0.2, 0) is 9.53 Å². The van der Waals surface area contributed by atoms with Crippen LogP contribution in [0.3, 0.4) is 0 Å². The Morgan fingerprint density at radius 3 is 2.17 bits per heavy atom. The van der Waals surface area contributed by atoms with Gasteiger partial charge in [-0.15, -0.1) is 0 Å². The minimum Gasteiger partial charge on any atom is -0.460 e. The van der Waals surface area contributed by atoms with E-state index in [9.17, 15) is 4.79 Å². The van der Waals surface area contributed by atoms with Crippen LogP contribution in [0.25, 0.3) is 0 Å². The van der Waals surface area contributed by atoms with Gasteiger partial charge in [0.15, 0.2) is 0 Å². The van der Waals surface area contributed by atoms with E-state index < -0.39 is 5.60 Å². The first kappa shape index (κ1) is 17.4. The van der Waals surface area contributed by atoms with Crippen molar-refractivity contribution >= 4 is 5.97 Å². The molecule has 0 radical (unpaired) electrons.